The minimum atomic E-state index is 0.239. The number of nitrogens with one attached hydrogen (secondary N) is 1. The molecule has 0 aromatic rings. The zero-order valence-corrected chi connectivity index (χ0v) is 10.9. The highest BCUT2D eigenvalue weighted by Gasteiger charge is 2.51. The van der Waals surface area contributed by atoms with E-state index >= 15 is 0 Å². The summed E-state index contributed by atoms with van der Waals surface area (Å²) in [6, 6.07) is 0. The van der Waals surface area contributed by atoms with E-state index in [1.165, 1.54) is 19.3 Å². The van der Waals surface area contributed by atoms with Gasteiger partial charge >= 0.3 is 0 Å². The molecule has 0 heterocycles. The van der Waals surface area contributed by atoms with Crippen LogP contribution >= 0.6 is 12.2 Å². The third-order valence-electron chi connectivity index (χ3n) is 4.68. The van der Waals surface area contributed by atoms with Gasteiger partial charge in [-0.25, -0.2) is 0 Å². The molecule has 0 spiro atoms. The van der Waals surface area contributed by atoms with Crippen LogP contribution in [0.5, 0.6) is 0 Å². The first-order valence-corrected chi connectivity index (χ1v) is 6.49. The highest BCUT2D eigenvalue weighted by Crippen LogP contribution is 2.60. The van der Waals surface area contributed by atoms with Crippen molar-refractivity contribution >= 4 is 23.5 Å². The van der Waals surface area contributed by atoms with Gasteiger partial charge in [0.1, 0.15) is 0 Å². The van der Waals surface area contributed by atoms with Gasteiger partial charge in [0.25, 0.3) is 0 Å². The van der Waals surface area contributed by atoms with Gasteiger partial charge in [-0.2, -0.15) is 5.10 Å². The van der Waals surface area contributed by atoms with Gasteiger partial charge in [0.2, 0.25) is 0 Å². The summed E-state index contributed by atoms with van der Waals surface area (Å²) in [6.45, 7) is 4.83. The number of fused-ring (bicyclic) bond motifs is 2. The molecular weight excluding hydrogens is 218 g/mol. The largest absolute Gasteiger partial charge is 0.375 e. The zero-order chi connectivity index (χ0) is 11.8. The van der Waals surface area contributed by atoms with Crippen LogP contribution in [0.1, 0.15) is 39.5 Å². The minimum absolute atomic E-state index is 0.239. The fourth-order valence-electron chi connectivity index (χ4n) is 3.74. The second-order valence-electron chi connectivity index (χ2n) is 5.72. The van der Waals surface area contributed by atoms with Crippen LogP contribution in [-0.2, 0) is 0 Å². The third kappa shape index (κ3) is 2.08. The maximum Gasteiger partial charge on any atom is 0.184 e. The second kappa shape index (κ2) is 4.32. The molecule has 2 saturated carbocycles. The highest BCUT2D eigenvalue weighted by molar-refractivity contribution is 7.80. The van der Waals surface area contributed by atoms with Gasteiger partial charge in [0.15, 0.2) is 5.11 Å². The molecule has 0 aromatic carbocycles. The molecular formula is C12H21N3S. The Morgan fingerprint density at radius 1 is 1.56 bits per heavy atom. The van der Waals surface area contributed by atoms with Crippen molar-refractivity contribution in [2.24, 2.45) is 34.0 Å². The summed E-state index contributed by atoms with van der Waals surface area (Å²) in [4.78, 5) is 0. The lowest BCUT2D eigenvalue weighted by atomic mass is 9.68. The first kappa shape index (κ1) is 11.8. The quantitative estimate of drug-likeness (QED) is 0.451. The summed E-state index contributed by atoms with van der Waals surface area (Å²) in [5.74, 6) is 2.62. The average molecular weight is 239 g/mol. The number of nitrogens with zero attached hydrogens (tertiary/aromatic N) is 1. The van der Waals surface area contributed by atoms with Crippen molar-refractivity contribution in [2.75, 3.05) is 0 Å². The topological polar surface area (TPSA) is 50.4 Å². The molecule has 2 aliphatic rings. The van der Waals surface area contributed by atoms with E-state index in [1.54, 1.807) is 0 Å². The van der Waals surface area contributed by atoms with E-state index in [0.717, 1.165) is 24.2 Å². The molecule has 3 N–H and O–H groups in total. The van der Waals surface area contributed by atoms with E-state index in [9.17, 15) is 0 Å². The summed E-state index contributed by atoms with van der Waals surface area (Å²) < 4.78 is 0. The summed E-state index contributed by atoms with van der Waals surface area (Å²) in [7, 11) is 0. The van der Waals surface area contributed by atoms with Gasteiger partial charge in [-0.3, -0.25) is 5.43 Å². The van der Waals surface area contributed by atoms with Crippen molar-refractivity contribution in [1.29, 1.82) is 0 Å². The van der Waals surface area contributed by atoms with Gasteiger partial charge in [0, 0.05) is 6.21 Å². The van der Waals surface area contributed by atoms with Crippen LogP contribution in [0.3, 0.4) is 0 Å². The highest BCUT2D eigenvalue weighted by atomic mass is 32.1. The van der Waals surface area contributed by atoms with Gasteiger partial charge in [-0.05, 0) is 61.1 Å². The van der Waals surface area contributed by atoms with Crippen LogP contribution in [0.15, 0.2) is 5.10 Å². The van der Waals surface area contributed by atoms with Gasteiger partial charge < -0.3 is 5.73 Å². The molecule has 3 nitrogen and oxygen atoms in total. The van der Waals surface area contributed by atoms with Crippen molar-refractivity contribution in [1.82, 2.24) is 5.43 Å². The predicted molar refractivity (Wildman–Crippen MR) is 71.1 cm³/mol. The molecule has 90 valence electrons. The van der Waals surface area contributed by atoms with Crippen LogP contribution < -0.4 is 11.2 Å². The Morgan fingerprint density at radius 2 is 2.31 bits per heavy atom. The fraction of sp³-hybridized carbons (Fsp3) is 0.833. The number of hydrogen-bond donors (Lipinski definition) is 2. The van der Waals surface area contributed by atoms with Crippen molar-refractivity contribution in [3.8, 4) is 0 Å². The molecule has 4 heteroatoms. The molecule has 2 bridgehead atoms. The normalized spacial score (nSPS) is 35.8. The standard InChI is InChI=1S/C12H21N3S/c1-12(2)9-4-3-8(7-9)10(12)5-6-14-15-11(13)16/h6,8-10H,3-5,7H2,1-2H3,(H3,13,15,16)/b14-6-/t8-,9+,10+/m1/s1. The number of thiocarbonyl (C=S) groups is 1. The molecule has 0 amide bonds. The molecule has 0 aromatic heterocycles. The van der Waals surface area contributed by atoms with E-state index in [1.807, 2.05) is 6.21 Å². The van der Waals surface area contributed by atoms with E-state index in [0.29, 0.717) is 5.41 Å². The number of hydrogen-bond acceptors (Lipinski definition) is 2. The molecule has 3 atom stereocenters. The minimum Gasteiger partial charge on any atom is -0.375 e. The lowest BCUT2D eigenvalue weighted by molar-refractivity contribution is 0.129. The third-order valence-corrected chi connectivity index (χ3v) is 4.77. The van der Waals surface area contributed by atoms with Gasteiger partial charge in [0.05, 0.1) is 0 Å². The summed E-state index contributed by atoms with van der Waals surface area (Å²) in [5, 5.41) is 4.28. The summed E-state index contributed by atoms with van der Waals surface area (Å²) in [5.41, 5.74) is 8.41. The monoisotopic (exact) mass is 239 g/mol. The Balaban J connectivity index is 1.90. The molecule has 0 unspecified atom stereocenters. The van der Waals surface area contributed by atoms with Gasteiger partial charge in [-0.1, -0.05) is 13.8 Å². The summed E-state index contributed by atoms with van der Waals surface area (Å²) in [6.07, 6.45) is 7.25. The van der Waals surface area contributed by atoms with Crippen molar-refractivity contribution in [2.45, 2.75) is 39.5 Å². The molecule has 0 aliphatic heterocycles. The van der Waals surface area contributed by atoms with Crippen molar-refractivity contribution < 1.29 is 0 Å². The van der Waals surface area contributed by atoms with Crippen molar-refractivity contribution in [3.63, 3.8) is 0 Å². The van der Waals surface area contributed by atoms with Crippen LogP contribution in [0.2, 0.25) is 0 Å². The summed E-state index contributed by atoms with van der Waals surface area (Å²) >= 11 is 4.69. The lowest BCUT2D eigenvalue weighted by Gasteiger charge is -2.37. The zero-order valence-electron chi connectivity index (χ0n) is 10.1. The molecule has 2 rings (SSSR count). The smallest absolute Gasteiger partial charge is 0.184 e. The fourth-order valence-corrected chi connectivity index (χ4v) is 3.79. The lowest BCUT2D eigenvalue weighted by Crippen LogP contribution is -2.31. The van der Waals surface area contributed by atoms with Crippen LogP contribution in [-0.4, -0.2) is 11.3 Å². The van der Waals surface area contributed by atoms with E-state index in [4.69, 9.17) is 18.0 Å². The maximum atomic E-state index is 5.31. The Hall–Kier alpha value is -0.640. The van der Waals surface area contributed by atoms with E-state index in [-0.39, 0.29) is 5.11 Å². The Labute approximate surface area is 103 Å². The van der Waals surface area contributed by atoms with Crippen LogP contribution in [0.4, 0.5) is 0 Å². The molecule has 0 radical (unpaired) electrons. The van der Waals surface area contributed by atoms with Crippen LogP contribution in [0, 0.1) is 23.2 Å². The first-order valence-electron chi connectivity index (χ1n) is 6.08. The average Bonchev–Trinajstić information content (AvgIpc) is 2.72. The molecule has 2 aliphatic carbocycles. The number of rotatable bonds is 3. The Kier molecular flexibility index (Phi) is 3.19. The Bertz CT molecular complexity index is 311. The van der Waals surface area contributed by atoms with E-state index in [2.05, 4.69) is 24.4 Å². The second-order valence-corrected chi connectivity index (χ2v) is 6.16. The predicted octanol–water partition coefficient (Wildman–Crippen LogP) is 2.27. The van der Waals surface area contributed by atoms with E-state index < -0.39 is 0 Å². The SMILES string of the molecule is CC1(C)[C@H]2CC[C@H](C2)[C@@H]1C/C=N\NC(N)=S. The van der Waals surface area contributed by atoms with Crippen LogP contribution in [0.25, 0.3) is 0 Å². The van der Waals surface area contributed by atoms with Gasteiger partial charge in [-0.15, -0.1) is 0 Å². The number of hydrazone groups is 1. The molecule has 0 saturated heterocycles. The molecule has 16 heavy (non-hydrogen) atoms. The van der Waals surface area contributed by atoms with Crippen molar-refractivity contribution in [3.05, 3.63) is 0 Å². The Morgan fingerprint density at radius 3 is 2.88 bits per heavy atom. The maximum absolute atomic E-state index is 5.31. The number of nitrogens with two attached hydrogens (primary N) is 1. The molecule has 2 fully saturated rings. The first-order chi connectivity index (χ1) is 7.51.